The van der Waals surface area contributed by atoms with Crippen molar-refractivity contribution in [3.05, 3.63) is 58.1 Å². The molecule has 5 nitrogen and oxygen atoms in total. The van der Waals surface area contributed by atoms with Crippen LogP contribution in [0.25, 0.3) is 0 Å². The van der Waals surface area contributed by atoms with E-state index >= 15 is 0 Å². The van der Waals surface area contributed by atoms with E-state index in [4.69, 9.17) is 9.84 Å². The molecule has 3 N–H and O–H groups in total. The van der Waals surface area contributed by atoms with Gasteiger partial charge in [-0.05, 0) is 24.3 Å². The Balaban J connectivity index is 1.85. The number of aliphatic hydroxyl groups is 1. The lowest BCUT2D eigenvalue weighted by Crippen LogP contribution is -2.38. The average molecular weight is 363 g/mol. The van der Waals surface area contributed by atoms with Crippen molar-refractivity contribution < 1.29 is 14.6 Å². The number of carbonyl (C=O) groups excluding carboxylic acids is 1. The predicted octanol–water partition coefficient (Wildman–Crippen LogP) is 2.67. The Labute approximate surface area is 136 Å². The molecule has 2 aromatic carbocycles. The number of amides is 1. The van der Waals surface area contributed by atoms with Crippen molar-refractivity contribution in [2.45, 2.75) is 6.17 Å². The molecule has 0 bridgehead atoms. The third-order valence-corrected chi connectivity index (χ3v) is 4.08. The Bertz CT molecular complexity index is 706. The van der Waals surface area contributed by atoms with Gasteiger partial charge < -0.3 is 20.5 Å². The minimum absolute atomic E-state index is 0.0314. The molecular weight excluding hydrogens is 348 g/mol. The minimum Gasteiger partial charge on any atom is -0.491 e. The highest BCUT2D eigenvalue weighted by atomic mass is 79.9. The van der Waals surface area contributed by atoms with Gasteiger partial charge in [-0.15, -0.1) is 0 Å². The summed E-state index contributed by atoms with van der Waals surface area (Å²) in [5, 5.41) is 15.0. The second-order valence-electron chi connectivity index (χ2n) is 4.85. The van der Waals surface area contributed by atoms with Crippen LogP contribution in [0.15, 0.2) is 46.9 Å². The molecule has 1 atom stereocenters. The van der Waals surface area contributed by atoms with Crippen LogP contribution in [0, 0.1) is 0 Å². The predicted molar refractivity (Wildman–Crippen MR) is 87.0 cm³/mol. The van der Waals surface area contributed by atoms with Crippen LogP contribution in [-0.4, -0.2) is 24.2 Å². The van der Waals surface area contributed by atoms with Crippen molar-refractivity contribution >= 4 is 27.5 Å². The van der Waals surface area contributed by atoms with E-state index < -0.39 is 0 Å². The standard InChI is InChI=1S/C16H15BrN2O3/c17-13-9-10(22-8-7-20)5-6-11(13)15-18-14-4-2-1-3-12(14)16(21)19-15/h1-6,9,15,18,20H,7-8H2,(H,19,21). The summed E-state index contributed by atoms with van der Waals surface area (Å²) in [6.45, 7) is 0.216. The number of hydrogen-bond donors (Lipinski definition) is 3. The van der Waals surface area contributed by atoms with Gasteiger partial charge >= 0.3 is 0 Å². The first-order valence-corrected chi connectivity index (χ1v) is 7.68. The molecular formula is C16H15BrN2O3. The molecule has 1 amide bonds. The third-order valence-electron chi connectivity index (χ3n) is 3.39. The normalized spacial score (nSPS) is 16.5. The lowest BCUT2D eigenvalue weighted by molar-refractivity contribution is 0.0935. The maximum absolute atomic E-state index is 12.2. The number of benzene rings is 2. The molecule has 3 rings (SSSR count). The van der Waals surface area contributed by atoms with Gasteiger partial charge in [0.05, 0.1) is 12.2 Å². The molecule has 0 aliphatic carbocycles. The second kappa shape index (κ2) is 6.37. The number of para-hydroxylation sites is 1. The highest BCUT2D eigenvalue weighted by Crippen LogP contribution is 2.32. The summed E-state index contributed by atoms with van der Waals surface area (Å²) < 4.78 is 6.19. The van der Waals surface area contributed by atoms with Crippen LogP contribution in [0.3, 0.4) is 0 Å². The van der Waals surface area contributed by atoms with E-state index in [0.717, 1.165) is 15.7 Å². The molecule has 0 saturated heterocycles. The van der Waals surface area contributed by atoms with Crippen LogP contribution in [0.2, 0.25) is 0 Å². The van der Waals surface area contributed by atoms with Gasteiger partial charge in [-0.25, -0.2) is 0 Å². The second-order valence-corrected chi connectivity index (χ2v) is 5.71. The van der Waals surface area contributed by atoms with Gasteiger partial charge in [0.25, 0.3) is 5.91 Å². The zero-order valence-corrected chi connectivity index (χ0v) is 13.3. The van der Waals surface area contributed by atoms with Gasteiger partial charge in [-0.2, -0.15) is 0 Å². The van der Waals surface area contributed by atoms with E-state index in [1.165, 1.54) is 0 Å². The lowest BCUT2D eigenvalue weighted by atomic mass is 10.1. The van der Waals surface area contributed by atoms with E-state index in [1.54, 1.807) is 6.07 Å². The van der Waals surface area contributed by atoms with Gasteiger partial charge in [0, 0.05) is 15.7 Å². The summed E-state index contributed by atoms with van der Waals surface area (Å²) in [7, 11) is 0. The summed E-state index contributed by atoms with van der Waals surface area (Å²) in [4.78, 5) is 12.2. The molecule has 0 aromatic heterocycles. The van der Waals surface area contributed by atoms with Crippen molar-refractivity contribution in [1.82, 2.24) is 5.32 Å². The molecule has 1 aliphatic heterocycles. The van der Waals surface area contributed by atoms with Crippen LogP contribution in [0.1, 0.15) is 22.1 Å². The molecule has 0 fully saturated rings. The topological polar surface area (TPSA) is 70.6 Å². The fraction of sp³-hybridized carbons (Fsp3) is 0.188. The molecule has 114 valence electrons. The van der Waals surface area contributed by atoms with Crippen LogP contribution in [0.4, 0.5) is 5.69 Å². The molecule has 1 aliphatic rings. The Morgan fingerprint density at radius 1 is 1.18 bits per heavy atom. The monoisotopic (exact) mass is 362 g/mol. The highest BCUT2D eigenvalue weighted by Gasteiger charge is 2.25. The van der Waals surface area contributed by atoms with Crippen LogP contribution in [-0.2, 0) is 0 Å². The maximum Gasteiger partial charge on any atom is 0.255 e. The number of aliphatic hydroxyl groups excluding tert-OH is 1. The molecule has 1 heterocycles. The largest absolute Gasteiger partial charge is 0.491 e. The van der Waals surface area contributed by atoms with Crippen LogP contribution >= 0.6 is 15.9 Å². The molecule has 6 heteroatoms. The lowest BCUT2D eigenvalue weighted by Gasteiger charge is -2.28. The number of halogens is 1. The van der Waals surface area contributed by atoms with Gasteiger partial charge in [-0.3, -0.25) is 4.79 Å². The SMILES string of the molecule is O=C1NC(c2ccc(OCCO)cc2Br)Nc2ccccc21. The third kappa shape index (κ3) is 2.93. The first kappa shape index (κ1) is 14.9. The van der Waals surface area contributed by atoms with E-state index in [2.05, 4.69) is 26.6 Å². The summed E-state index contributed by atoms with van der Waals surface area (Å²) in [5.41, 5.74) is 2.35. The quantitative estimate of drug-likeness (QED) is 0.781. The van der Waals surface area contributed by atoms with Crippen LogP contribution < -0.4 is 15.4 Å². The Kier molecular flexibility index (Phi) is 4.31. The molecule has 0 radical (unpaired) electrons. The van der Waals surface area contributed by atoms with E-state index in [0.29, 0.717) is 11.3 Å². The zero-order chi connectivity index (χ0) is 15.5. The number of rotatable bonds is 4. The summed E-state index contributed by atoms with van der Waals surface area (Å²) in [6, 6.07) is 12.9. The number of fused-ring (bicyclic) bond motifs is 1. The number of anilines is 1. The molecule has 22 heavy (non-hydrogen) atoms. The number of ether oxygens (including phenoxy) is 1. The summed E-state index contributed by atoms with van der Waals surface area (Å²) >= 11 is 3.50. The fourth-order valence-corrected chi connectivity index (χ4v) is 2.94. The number of nitrogens with one attached hydrogen (secondary N) is 2. The van der Waals surface area contributed by atoms with E-state index in [9.17, 15) is 4.79 Å². The van der Waals surface area contributed by atoms with Crippen LogP contribution in [0.5, 0.6) is 5.75 Å². The van der Waals surface area contributed by atoms with Gasteiger partial charge in [0.2, 0.25) is 0 Å². The van der Waals surface area contributed by atoms with Gasteiger partial charge in [-0.1, -0.05) is 34.1 Å². The smallest absolute Gasteiger partial charge is 0.255 e. The molecule has 0 saturated carbocycles. The van der Waals surface area contributed by atoms with Crippen molar-refractivity contribution in [2.75, 3.05) is 18.5 Å². The van der Waals surface area contributed by atoms with Crippen molar-refractivity contribution in [3.63, 3.8) is 0 Å². The van der Waals surface area contributed by atoms with Crippen molar-refractivity contribution in [2.24, 2.45) is 0 Å². The highest BCUT2D eigenvalue weighted by molar-refractivity contribution is 9.10. The molecule has 0 spiro atoms. The first-order valence-electron chi connectivity index (χ1n) is 6.88. The Morgan fingerprint density at radius 3 is 2.77 bits per heavy atom. The minimum atomic E-state index is -0.316. The summed E-state index contributed by atoms with van der Waals surface area (Å²) in [6.07, 6.45) is -0.316. The summed E-state index contributed by atoms with van der Waals surface area (Å²) in [5.74, 6) is 0.555. The molecule has 1 unspecified atom stereocenters. The average Bonchev–Trinajstić information content (AvgIpc) is 2.53. The Hall–Kier alpha value is -2.05. The fourth-order valence-electron chi connectivity index (χ4n) is 2.36. The van der Waals surface area contributed by atoms with Gasteiger partial charge in [0.1, 0.15) is 18.5 Å². The van der Waals surface area contributed by atoms with Gasteiger partial charge in [0.15, 0.2) is 0 Å². The zero-order valence-electron chi connectivity index (χ0n) is 11.7. The molecule has 2 aromatic rings. The first-order chi connectivity index (χ1) is 10.7. The Morgan fingerprint density at radius 2 is 2.00 bits per heavy atom. The van der Waals surface area contributed by atoms with E-state index in [-0.39, 0.29) is 25.3 Å². The van der Waals surface area contributed by atoms with E-state index in [1.807, 2.05) is 36.4 Å². The van der Waals surface area contributed by atoms with Crippen molar-refractivity contribution in [1.29, 1.82) is 0 Å². The van der Waals surface area contributed by atoms with Crippen molar-refractivity contribution in [3.8, 4) is 5.75 Å². The number of hydrogen-bond acceptors (Lipinski definition) is 4. The maximum atomic E-state index is 12.2. The number of carbonyl (C=O) groups is 1.